The number of hydrogen-bond donors (Lipinski definition) is 1. The third-order valence-corrected chi connectivity index (χ3v) is 6.74. The summed E-state index contributed by atoms with van der Waals surface area (Å²) in [6.07, 6.45) is 5.24. The van der Waals surface area contributed by atoms with Crippen LogP contribution >= 0.6 is 23.2 Å². The molecule has 1 heterocycles. The average molecular weight is 407 g/mol. The highest BCUT2D eigenvalue weighted by molar-refractivity contribution is 6.39. The number of amides is 1. The highest BCUT2D eigenvalue weighted by Gasteiger charge is 2.42. The van der Waals surface area contributed by atoms with Crippen LogP contribution in [0, 0.1) is 24.7 Å². The molecule has 2 bridgehead atoms. The standard InChI is InChI=1S/C21H24Cl2N2O2/c1-11-3-6-15-17(22)9-18(23)21(20(15)24-11)27-10-19(26)25-12(2)16-8-13-4-5-14(16)7-13/h3,6,9,12-14,16H,4-5,7-8,10H2,1-2H3,(H,25,26). The summed E-state index contributed by atoms with van der Waals surface area (Å²) in [5.74, 6) is 2.51. The SMILES string of the molecule is Cc1ccc2c(Cl)cc(Cl)c(OCC(=O)NC(C)C3CC4CCC3C4)c2n1. The number of aryl methyl sites for hydroxylation is 1. The van der Waals surface area contributed by atoms with Gasteiger partial charge in [0.1, 0.15) is 5.52 Å². The monoisotopic (exact) mass is 406 g/mol. The van der Waals surface area contributed by atoms with Gasteiger partial charge in [0.25, 0.3) is 5.91 Å². The van der Waals surface area contributed by atoms with E-state index in [-0.39, 0.29) is 18.6 Å². The molecule has 4 rings (SSSR count). The van der Waals surface area contributed by atoms with Crippen molar-refractivity contribution < 1.29 is 9.53 Å². The number of benzene rings is 1. The molecule has 2 aromatic rings. The Bertz CT molecular complexity index is 886. The van der Waals surface area contributed by atoms with Gasteiger partial charge in [0, 0.05) is 17.1 Å². The lowest BCUT2D eigenvalue weighted by Gasteiger charge is -2.28. The molecule has 1 aromatic heterocycles. The first-order chi connectivity index (χ1) is 12.9. The zero-order valence-corrected chi connectivity index (χ0v) is 17.1. The Morgan fingerprint density at radius 2 is 2.11 bits per heavy atom. The van der Waals surface area contributed by atoms with Crippen LogP contribution in [-0.2, 0) is 4.79 Å². The summed E-state index contributed by atoms with van der Waals surface area (Å²) in [6, 6.07) is 5.58. The lowest BCUT2D eigenvalue weighted by molar-refractivity contribution is -0.124. The Labute approximate surface area is 169 Å². The van der Waals surface area contributed by atoms with Crippen LogP contribution in [0.5, 0.6) is 5.75 Å². The normalized spacial score (nSPS) is 25.0. The maximum Gasteiger partial charge on any atom is 0.258 e. The summed E-state index contributed by atoms with van der Waals surface area (Å²) in [7, 11) is 0. The van der Waals surface area contributed by atoms with E-state index in [0.717, 1.165) is 22.9 Å². The van der Waals surface area contributed by atoms with Gasteiger partial charge in [-0.1, -0.05) is 29.6 Å². The Morgan fingerprint density at radius 1 is 1.30 bits per heavy atom. The van der Waals surface area contributed by atoms with E-state index < -0.39 is 0 Å². The summed E-state index contributed by atoms with van der Waals surface area (Å²) < 4.78 is 5.78. The molecule has 1 N–H and O–H groups in total. The molecule has 2 saturated carbocycles. The number of fused-ring (bicyclic) bond motifs is 3. The number of hydrogen-bond acceptors (Lipinski definition) is 3. The highest BCUT2D eigenvalue weighted by Crippen LogP contribution is 2.49. The summed E-state index contributed by atoms with van der Waals surface area (Å²) in [6.45, 7) is 3.91. The van der Waals surface area contributed by atoms with Gasteiger partial charge in [0.2, 0.25) is 0 Å². The molecule has 6 heteroatoms. The summed E-state index contributed by atoms with van der Waals surface area (Å²) in [5.41, 5.74) is 1.42. The molecule has 1 aromatic carbocycles. The largest absolute Gasteiger partial charge is 0.480 e. The van der Waals surface area contributed by atoms with Gasteiger partial charge in [0.15, 0.2) is 12.4 Å². The van der Waals surface area contributed by atoms with E-state index in [1.165, 1.54) is 25.7 Å². The van der Waals surface area contributed by atoms with E-state index in [2.05, 4.69) is 17.2 Å². The Kier molecular flexibility index (Phi) is 5.21. The zero-order chi connectivity index (χ0) is 19.1. The maximum atomic E-state index is 12.4. The molecule has 4 nitrogen and oxygen atoms in total. The topological polar surface area (TPSA) is 51.2 Å². The van der Waals surface area contributed by atoms with Crippen molar-refractivity contribution >= 4 is 40.0 Å². The minimum Gasteiger partial charge on any atom is -0.480 e. The molecule has 0 radical (unpaired) electrons. The molecule has 1 amide bonds. The number of aromatic nitrogens is 1. The second-order valence-corrected chi connectivity index (χ2v) is 8.82. The summed E-state index contributed by atoms with van der Waals surface area (Å²) in [5, 5.41) is 4.75. The lowest BCUT2D eigenvalue weighted by atomic mass is 9.84. The molecule has 2 aliphatic carbocycles. The van der Waals surface area contributed by atoms with Crippen molar-refractivity contribution in [2.45, 2.75) is 45.6 Å². The number of carbonyl (C=O) groups excluding carboxylic acids is 1. The minimum atomic E-state index is -0.128. The first kappa shape index (κ1) is 18.8. The van der Waals surface area contributed by atoms with E-state index in [4.69, 9.17) is 27.9 Å². The van der Waals surface area contributed by atoms with Crippen molar-refractivity contribution in [3.8, 4) is 5.75 Å². The maximum absolute atomic E-state index is 12.4. The molecule has 4 unspecified atom stereocenters. The predicted octanol–water partition coefficient (Wildman–Crippen LogP) is 5.17. The van der Waals surface area contributed by atoms with Crippen LogP contribution in [0.3, 0.4) is 0 Å². The molecule has 2 fully saturated rings. The van der Waals surface area contributed by atoms with Gasteiger partial charge in [-0.3, -0.25) is 4.79 Å². The van der Waals surface area contributed by atoms with Crippen LogP contribution in [0.4, 0.5) is 0 Å². The molecular formula is C21H24Cl2N2O2. The third kappa shape index (κ3) is 3.74. The highest BCUT2D eigenvalue weighted by atomic mass is 35.5. The number of nitrogens with one attached hydrogen (secondary N) is 1. The van der Waals surface area contributed by atoms with Gasteiger partial charge in [-0.15, -0.1) is 0 Å². The fourth-order valence-corrected chi connectivity index (χ4v) is 5.44. The van der Waals surface area contributed by atoms with Gasteiger partial charge >= 0.3 is 0 Å². The molecular weight excluding hydrogens is 383 g/mol. The van der Waals surface area contributed by atoms with Crippen LogP contribution in [0.2, 0.25) is 10.0 Å². The number of nitrogens with zero attached hydrogens (tertiary/aromatic N) is 1. The summed E-state index contributed by atoms with van der Waals surface area (Å²) >= 11 is 12.6. The van der Waals surface area contributed by atoms with Crippen LogP contribution in [0.15, 0.2) is 18.2 Å². The van der Waals surface area contributed by atoms with E-state index >= 15 is 0 Å². The smallest absolute Gasteiger partial charge is 0.258 e. The molecule has 4 atom stereocenters. The molecule has 27 heavy (non-hydrogen) atoms. The minimum absolute atomic E-state index is 0.0861. The average Bonchev–Trinajstić information content (AvgIpc) is 3.24. The van der Waals surface area contributed by atoms with E-state index in [0.29, 0.717) is 27.2 Å². The number of rotatable bonds is 5. The van der Waals surface area contributed by atoms with E-state index in [1.807, 2.05) is 19.1 Å². The Hall–Kier alpha value is -1.52. The van der Waals surface area contributed by atoms with Crippen molar-refractivity contribution in [1.82, 2.24) is 10.3 Å². The van der Waals surface area contributed by atoms with Gasteiger partial charge in [-0.25, -0.2) is 4.98 Å². The molecule has 0 saturated heterocycles. The number of halogens is 2. The zero-order valence-electron chi connectivity index (χ0n) is 15.6. The lowest BCUT2D eigenvalue weighted by Crippen LogP contribution is -2.42. The van der Waals surface area contributed by atoms with Crippen LogP contribution in [0.1, 0.15) is 38.3 Å². The fourth-order valence-electron chi connectivity index (χ4n) is 4.87. The second-order valence-electron chi connectivity index (χ2n) is 8.00. The van der Waals surface area contributed by atoms with Crippen molar-refractivity contribution in [2.24, 2.45) is 17.8 Å². The van der Waals surface area contributed by atoms with Crippen LogP contribution < -0.4 is 10.1 Å². The molecule has 0 aliphatic heterocycles. The quantitative estimate of drug-likeness (QED) is 0.744. The van der Waals surface area contributed by atoms with Crippen molar-refractivity contribution in [3.63, 3.8) is 0 Å². The molecule has 0 spiro atoms. The van der Waals surface area contributed by atoms with Crippen LogP contribution in [-0.4, -0.2) is 23.5 Å². The van der Waals surface area contributed by atoms with Gasteiger partial charge in [0.05, 0.1) is 10.0 Å². The Morgan fingerprint density at radius 3 is 2.81 bits per heavy atom. The first-order valence-electron chi connectivity index (χ1n) is 9.60. The van der Waals surface area contributed by atoms with Crippen molar-refractivity contribution in [1.29, 1.82) is 0 Å². The Balaban J connectivity index is 1.44. The van der Waals surface area contributed by atoms with Gasteiger partial charge in [-0.2, -0.15) is 0 Å². The van der Waals surface area contributed by atoms with E-state index in [9.17, 15) is 4.79 Å². The van der Waals surface area contributed by atoms with Gasteiger partial charge < -0.3 is 10.1 Å². The van der Waals surface area contributed by atoms with Crippen molar-refractivity contribution in [3.05, 3.63) is 33.9 Å². The number of pyridine rings is 1. The van der Waals surface area contributed by atoms with E-state index in [1.54, 1.807) is 6.07 Å². The van der Waals surface area contributed by atoms with Gasteiger partial charge in [-0.05, 0) is 69.1 Å². The first-order valence-corrected chi connectivity index (χ1v) is 10.4. The van der Waals surface area contributed by atoms with Crippen molar-refractivity contribution in [2.75, 3.05) is 6.61 Å². The summed E-state index contributed by atoms with van der Waals surface area (Å²) in [4.78, 5) is 16.9. The predicted molar refractivity (Wildman–Crippen MR) is 109 cm³/mol. The third-order valence-electron chi connectivity index (χ3n) is 6.15. The fraction of sp³-hybridized carbons (Fsp3) is 0.524. The second kappa shape index (κ2) is 7.48. The number of ether oxygens (including phenoxy) is 1. The molecule has 2 aliphatic rings. The molecule has 144 valence electrons. The van der Waals surface area contributed by atoms with Crippen LogP contribution in [0.25, 0.3) is 10.9 Å². The number of carbonyl (C=O) groups is 1.